The topological polar surface area (TPSA) is 43.4 Å². The van der Waals surface area contributed by atoms with E-state index in [9.17, 15) is 0 Å². The third kappa shape index (κ3) is 22.0. The van der Waals surface area contributed by atoms with Gasteiger partial charge in [0.05, 0.1) is 33.8 Å². The molecule has 6 nitrogen and oxygen atoms in total. The molecule has 0 radical (unpaired) electrons. The van der Waals surface area contributed by atoms with Crippen LogP contribution in [-0.4, -0.2) is 36.6 Å². The highest BCUT2D eigenvalue weighted by Crippen LogP contribution is 2.61. The van der Waals surface area contributed by atoms with Crippen molar-refractivity contribution in [3.05, 3.63) is 294 Å². The average molecular weight is 2070 g/mol. The maximum Gasteiger partial charge on any atom is 0.495 e. The molecule has 2 heterocycles. The number of rotatable bonds is 36. The van der Waals surface area contributed by atoms with Crippen molar-refractivity contribution in [3.8, 4) is 22.3 Å². The Labute approximate surface area is 852 Å². The minimum atomic E-state index is -0.421. The molecule has 0 aromatic heterocycles. The van der Waals surface area contributed by atoms with Crippen LogP contribution >= 0.6 is 63.7 Å². The summed E-state index contributed by atoms with van der Waals surface area (Å²) in [4.78, 5) is 4.85. The third-order valence-electron chi connectivity index (χ3n) is 31.0. The Kier molecular flexibility index (Phi) is 33.5. The van der Waals surface area contributed by atoms with Crippen molar-refractivity contribution in [1.29, 1.82) is 0 Å². The van der Waals surface area contributed by atoms with Gasteiger partial charge in [0.25, 0.3) is 0 Å². The van der Waals surface area contributed by atoms with Crippen molar-refractivity contribution >= 4 is 166 Å². The molecule has 0 bridgehead atoms. The second-order valence-corrected chi connectivity index (χ2v) is 47.3. The van der Waals surface area contributed by atoms with Crippen molar-refractivity contribution in [2.24, 2.45) is 0 Å². The molecule has 2 aliphatic carbocycles. The normalized spacial score (nSPS) is 15.7. The number of anilines is 6. The molecule has 13 aromatic rings. The van der Waals surface area contributed by atoms with Crippen molar-refractivity contribution in [2.45, 2.75) is 348 Å². The van der Waals surface area contributed by atoms with Crippen molar-refractivity contribution in [1.82, 2.24) is 0 Å². The van der Waals surface area contributed by atoms with E-state index in [0.717, 1.165) is 66.8 Å². The minimum Gasteiger partial charge on any atom is -0.399 e. The minimum absolute atomic E-state index is 0.0591. The lowest BCUT2D eigenvalue weighted by molar-refractivity contribution is 0.00578. The second kappa shape index (κ2) is 44.3. The summed E-state index contributed by atoms with van der Waals surface area (Å²) in [5.41, 5.74) is 22.0. The van der Waals surface area contributed by atoms with Crippen LogP contribution in [0.15, 0.2) is 261 Å². The van der Waals surface area contributed by atoms with Crippen LogP contribution in [0.2, 0.25) is 0 Å². The van der Waals surface area contributed by atoms with Crippen LogP contribution in [0.4, 0.5) is 34.1 Å². The standard InChI is InChI=1S/C46H42Br2N2.C45H66B2O4.C33H42Br2/c1-45(2,3)31-15-23-35(24-16-31)49(37-27-19-33(47)20-28-37)43-39-11-7-9-13-41(39)44(42-14-10-8-12-40(42)43)50(38-29-21-34(48)22-30-38)36-25-17-32(18-26-36)46(4,5)6;1-11-13-15-17-19-23-29-45(30-24-20-18-16-14-12-2)37-31-33(46-48-41(3,4)42(5,6)49-46)27-28-36(37)40-35-26-22-21-25-34(35)39(32-38(40)45)47-50-43(7,8)44(9,10)51-47;1-3-5-7-9-11-15-21-33(22-16-12-10-8-6-4-2)29-23-25(34)19-20-28(29)32-27-18-14-13-17-26(27)31(35)24-30(32)33/h7-30H,1-6H3;21-22,25-28,31-32H,11-20,23-24,29-30H2,1-10H3;13-14,17-20,23-24H,3-12,15-16,21-22H2,1-2H3. The van der Waals surface area contributed by atoms with Crippen LogP contribution in [0.3, 0.4) is 0 Å². The largest absolute Gasteiger partial charge is 0.495 e. The zero-order valence-electron chi connectivity index (χ0n) is 85.1. The average Bonchev–Trinajstić information content (AvgIpc) is 1.50. The fourth-order valence-corrected chi connectivity index (χ4v) is 23.4. The number of hydrogen-bond acceptors (Lipinski definition) is 6. The Balaban J connectivity index is 0.000000158. The molecule has 0 N–H and O–H groups in total. The smallest absolute Gasteiger partial charge is 0.399 e. The predicted octanol–water partition coefficient (Wildman–Crippen LogP) is 38.4. The zero-order valence-corrected chi connectivity index (χ0v) is 91.4. The first-order valence-corrected chi connectivity index (χ1v) is 55.1. The maximum atomic E-state index is 6.81. The lowest BCUT2D eigenvalue weighted by Crippen LogP contribution is -2.41. The molecule has 0 amide bonds. The highest BCUT2D eigenvalue weighted by Gasteiger charge is 2.56. The van der Waals surface area contributed by atoms with E-state index in [-0.39, 0.29) is 40.0 Å². The van der Waals surface area contributed by atoms with E-state index >= 15 is 0 Å². The number of unbranched alkanes of at least 4 members (excludes halogenated alkanes) is 20. The lowest BCUT2D eigenvalue weighted by atomic mass is 9.66. The highest BCUT2D eigenvalue weighted by molar-refractivity contribution is 9.11. The van der Waals surface area contributed by atoms with Crippen LogP contribution in [0.25, 0.3) is 65.3 Å². The molecular weight excluding hydrogens is 1920 g/mol. The molecule has 17 rings (SSSR count). The van der Waals surface area contributed by atoms with Gasteiger partial charge in [-0.3, -0.25) is 0 Å². The van der Waals surface area contributed by atoms with Gasteiger partial charge in [0.2, 0.25) is 0 Å². The van der Waals surface area contributed by atoms with Gasteiger partial charge in [0, 0.05) is 73.0 Å². The molecule has 0 atom stereocenters. The number of fused-ring (bicyclic) bond motifs is 12. The Bertz CT molecular complexity index is 5960. The Morgan fingerprint density at radius 3 is 0.919 bits per heavy atom. The summed E-state index contributed by atoms with van der Waals surface area (Å²) in [5.74, 6) is 0. The van der Waals surface area contributed by atoms with Crippen molar-refractivity contribution < 1.29 is 18.6 Å². The summed E-state index contributed by atoms with van der Waals surface area (Å²) < 4.78 is 31.5. The van der Waals surface area contributed by atoms with Crippen LogP contribution in [-0.2, 0) is 40.3 Å². The second-order valence-electron chi connectivity index (χ2n) is 43.7. The first kappa shape index (κ1) is 103. The molecule has 2 aliphatic heterocycles. The summed E-state index contributed by atoms with van der Waals surface area (Å²) in [6.45, 7) is 40.1. The van der Waals surface area contributed by atoms with E-state index in [1.165, 1.54) is 263 Å². The third-order valence-corrected chi connectivity index (χ3v) is 33.2. The van der Waals surface area contributed by atoms with E-state index in [0.29, 0.717) is 0 Å². The molecule has 714 valence electrons. The molecule has 13 aromatic carbocycles. The van der Waals surface area contributed by atoms with Gasteiger partial charge >= 0.3 is 14.2 Å². The Hall–Kier alpha value is -7.61. The van der Waals surface area contributed by atoms with Crippen LogP contribution in [0.5, 0.6) is 0 Å². The van der Waals surface area contributed by atoms with Gasteiger partial charge in [-0.05, 0) is 271 Å². The van der Waals surface area contributed by atoms with E-state index in [1.54, 1.807) is 11.1 Å². The van der Waals surface area contributed by atoms with Crippen LogP contribution in [0, 0.1) is 0 Å². The quantitative estimate of drug-likeness (QED) is 0.0169. The monoisotopic (exact) mass is 2070 g/mol. The summed E-state index contributed by atoms with van der Waals surface area (Å²) in [5, 5.41) is 9.97. The molecule has 12 heteroatoms. The van der Waals surface area contributed by atoms with Gasteiger partial charge in [-0.1, -0.05) is 439 Å². The molecular formula is C124H150B2Br4N2O4. The fraction of sp³-hybridized carbons (Fsp3) is 0.435. The van der Waals surface area contributed by atoms with Gasteiger partial charge in [0.1, 0.15) is 0 Å². The molecule has 0 unspecified atom stereocenters. The van der Waals surface area contributed by atoms with E-state index in [2.05, 4.69) is 441 Å². The van der Waals surface area contributed by atoms with Crippen molar-refractivity contribution in [2.75, 3.05) is 9.80 Å². The molecule has 136 heavy (non-hydrogen) atoms. The molecule has 0 spiro atoms. The van der Waals surface area contributed by atoms with Crippen molar-refractivity contribution in [3.63, 3.8) is 0 Å². The summed E-state index contributed by atoms with van der Waals surface area (Å²) in [6, 6.07) is 90.4. The zero-order chi connectivity index (χ0) is 96.5. The number of hydrogen-bond donors (Lipinski definition) is 0. The number of halogens is 4. The van der Waals surface area contributed by atoms with Gasteiger partial charge in [-0.2, -0.15) is 0 Å². The Morgan fingerprint density at radius 1 is 0.272 bits per heavy atom. The van der Waals surface area contributed by atoms with Gasteiger partial charge in [-0.25, -0.2) is 0 Å². The summed E-state index contributed by atoms with van der Waals surface area (Å²) >= 11 is 15.2. The molecule has 2 fully saturated rings. The number of nitrogens with zero attached hydrogens (tertiary/aromatic N) is 2. The lowest BCUT2D eigenvalue weighted by Gasteiger charge is -2.34. The molecule has 0 saturated carbocycles. The van der Waals surface area contributed by atoms with E-state index in [4.69, 9.17) is 18.6 Å². The predicted molar refractivity (Wildman–Crippen MR) is 603 cm³/mol. The van der Waals surface area contributed by atoms with Crippen LogP contribution in [0.1, 0.15) is 338 Å². The van der Waals surface area contributed by atoms with Gasteiger partial charge < -0.3 is 28.4 Å². The molecule has 2 saturated heterocycles. The van der Waals surface area contributed by atoms with E-state index in [1.807, 2.05) is 0 Å². The fourth-order valence-electron chi connectivity index (χ4n) is 21.9. The number of benzene rings is 13. The SMILES string of the molecule is CC(C)(C)c1ccc(N(c2ccc(Br)cc2)c2c3ccccc3c(N(c3ccc(Br)cc3)c3ccc(C(C)(C)C)cc3)c3ccccc23)cc1.CCCCCCCCC1(CCCCCCCC)c2cc(B3OC(C)(C)C(C)(C)O3)ccc2-c2c1cc(B1OC(C)(C)C(C)(C)O1)c1ccccc21.CCCCCCCCC1(CCCCCCCC)c2cc(Br)ccc2-c2c1cc(Br)c1ccccc21. The van der Waals surface area contributed by atoms with Gasteiger partial charge in [-0.15, -0.1) is 0 Å². The Morgan fingerprint density at radius 2 is 0.559 bits per heavy atom. The first-order chi connectivity index (χ1) is 65.2. The summed E-state index contributed by atoms with van der Waals surface area (Å²) in [7, 11) is -0.808. The first-order valence-electron chi connectivity index (χ1n) is 51.9. The van der Waals surface area contributed by atoms with Gasteiger partial charge in [0.15, 0.2) is 0 Å². The van der Waals surface area contributed by atoms with E-state index < -0.39 is 18.3 Å². The van der Waals surface area contributed by atoms with Crippen LogP contribution < -0.4 is 20.7 Å². The highest BCUT2D eigenvalue weighted by atomic mass is 79.9. The summed E-state index contributed by atoms with van der Waals surface area (Å²) in [6.07, 6.45) is 36.5. The molecule has 4 aliphatic rings. The maximum absolute atomic E-state index is 6.81.